The number of ether oxygens (including phenoxy) is 1. The van der Waals surface area contributed by atoms with Crippen LogP contribution in [0.5, 0.6) is 0 Å². The molecular formula is C34H44O5. The Kier molecular flexibility index (Phi) is 7.48. The minimum absolute atomic E-state index is 0.115. The zero-order chi connectivity index (χ0) is 29.0. The molecule has 0 amide bonds. The zero-order valence-corrected chi connectivity index (χ0v) is 24.8. The molecule has 2 bridgehead atoms. The van der Waals surface area contributed by atoms with Crippen LogP contribution in [0.4, 0.5) is 0 Å². The molecule has 1 aromatic rings. The molecule has 0 radical (unpaired) electrons. The van der Waals surface area contributed by atoms with Crippen molar-refractivity contribution in [2.75, 3.05) is 0 Å². The number of hydrogen-bond acceptors (Lipinski definition) is 5. The van der Waals surface area contributed by atoms with Gasteiger partial charge in [0.25, 0.3) is 0 Å². The molecule has 210 valence electrons. The number of aliphatic hydroxyl groups is 1. The van der Waals surface area contributed by atoms with E-state index in [-0.39, 0.29) is 35.4 Å². The molecule has 1 N–H and O–H groups in total. The van der Waals surface area contributed by atoms with Crippen molar-refractivity contribution in [2.45, 2.75) is 99.2 Å². The van der Waals surface area contributed by atoms with E-state index >= 15 is 0 Å². The van der Waals surface area contributed by atoms with E-state index in [1.54, 1.807) is 45.0 Å². The van der Waals surface area contributed by atoms with E-state index in [0.29, 0.717) is 36.8 Å². The molecule has 2 aliphatic carbocycles. The normalized spacial score (nSPS) is 31.9. The van der Waals surface area contributed by atoms with Crippen molar-refractivity contribution in [3.05, 3.63) is 70.5 Å². The maximum Gasteiger partial charge on any atom is 0.184 e. The van der Waals surface area contributed by atoms with Crippen LogP contribution in [-0.4, -0.2) is 34.2 Å². The van der Waals surface area contributed by atoms with E-state index in [1.807, 2.05) is 33.8 Å². The highest BCUT2D eigenvalue weighted by Gasteiger charge is 2.76. The van der Waals surface area contributed by atoms with Gasteiger partial charge in [0.05, 0.1) is 11.0 Å². The van der Waals surface area contributed by atoms with Crippen LogP contribution in [0.2, 0.25) is 0 Å². The second kappa shape index (κ2) is 9.99. The fraction of sp³-hybridized carbons (Fsp3) is 0.559. The van der Waals surface area contributed by atoms with Crippen molar-refractivity contribution in [1.29, 1.82) is 0 Å². The number of carbonyl (C=O) groups excluding carboxylic acids is 3. The highest BCUT2D eigenvalue weighted by Crippen LogP contribution is 2.69. The molecule has 1 saturated carbocycles. The summed E-state index contributed by atoms with van der Waals surface area (Å²) in [5, 5.41) is 10.9. The first-order valence-electron chi connectivity index (χ1n) is 14.2. The summed E-state index contributed by atoms with van der Waals surface area (Å²) < 4.78 is 6.48. The first-order chi connectivity index (χ1) is 18.1. The maximum absolute atomic E-state index is 14.9. The minimum Gasteiger partial charge on any atom is -0.489 e. The molecule has 0 saturated heterocycles. The van der Waals surface area contributed by atoms with Gasteiger partial charge >= 0.3 is 0 Å². The van der Waals surface area contributed by atoms with Crippen molar-refractivity contribution < 1.29 is 24.2 Å². The summed E-state index contributed by atoms with van der Waals surface area (Å²) in [6, 6.07) is 8.94. The topological polar surface area (TPSA) is 80.7 Å². The third-order valence-electron chi connectivity index (χ3n) is 9.49. The average molecular weight is 533 g/mol. The lowest BCUT2D eigenvalue weighted by Gasteiger charge is -2.60. The fourth-order valence-corrected chi connectivity index (χ4v) is 7.16. The summed E-state index contributed by atoms with van der Waals surface area (Å²) in [6.07, 6.45) is 6.10. The minimum atomic E-state index is -1.67. The SMILES string of the molecule is CC(C)=CCC[C@]1(C)[C@@H](CC=C(C)C)C[C@]2(C)C(=O)C3=C(O[C@@H](C(C)(C)O)C3)[C@@]1(C(=O)c1ccccc1)C2=O. The van der Waals surface area contributed by atoms with Crippen LogP contribution in [0.3, 0.4) is 0 Å². The number of rotatable bonds is 8. The monoisotopic (exact) mass is 532 g/mol. The number of allylic oxidation sites excluding steroid dienone is 5. The van der Waals surface area contributed by atoms with Crippen LogP contribution >= 0.6 is 0 Å². The Morgan fingerprint density at radius 3 is 2.23 bits per heavy atom. The van der Waals surface area contributed by atoms with Crippen molar-refractivity contribution in [3.63, 3.8) is 0 Å². The van der Waals surface area contributed by atoms with E-state index in [4.69, 9.17) is 4.74 Å². The molecule has 39 heavy (non-hydrogen) atoms. The summed E-state index contributed by atoms with van der Waals surface area (Å²) in [7, 11) is 0. The van der Waals surface area contributed by atoms with E-state index in [2.05, 4.69) is 19.1 Å². The molecule has 1 aromatic carbocycles. The molecule has 1 aliphatic heterocycles. The van der Waals surface area contributed by atoms with Gasteiger partial charge in [0.2, 0.25) is 0 Å². The third kappa shape index (κ3) is 4.47. The summed E-state index contributed by atoms with van der Waals surface area (Å²) in [4.78, 5) is 44.0. The average Bonchev–Trinajstić information content (AvgIpc) is 3.31. The lowest BCUT2D eigenvalue weighted by atomic mass is 9.39. The highest BCUT2D eigenvalue weighted by molar-refractivity contribution is 6.29. The smallest absolute Gasteiger partial charge is 0.184 e. The van der Waals surface area contributed by atoms with Crippen LogP contribution in [0, 0.1) is 22.2 Å². The highest BCUT2D eigenvalue weighted by atomic mass is 16.5. The second-order valence-corrected chi connectivity index (χ2v) is 13.4. The Labute approximate surface area is 233 Å². The van der Waals surface area contributed by atoms with Crippen molar-refractivity contribution in [3.8, 4) is 0 Å². The number of Topliss-reactive ketones (excluding diaryl/α,β-unsaturated/α-hetero) is 3. The Morgan fingerprint density at radius 2 is 1.67 bits per heavy atom. The lowest BCUT2D eigenvalue weighted by Crippen LogP contribution is -2.68. The Balaban J connectivity index is 2.07. The Hall–Kier alpha value is -2.79. The van der Waals surface area contributed by atoms with Crippen LogP contribution in [0.15, 0.2) is 65.0 Å². The molecule has 0 aromatic heterocycles. The third-order valence-corrected chi connectivity index (χ3v) is 9.49. The fourth-order valence-electron chi connectivity index (χ4n) is 7.16. The summed E-state index contributed by atoms with van der Waals surface area (Å²) in [5.41, 5.74) is -1.92. The van der Waals surface area contributed by atoms with Gasteiger partial charge in [0, 0.05) is 17.6 Å². The number of fused-ring (bicyclic) bond motifs is 3. The van der Waals surface area contributed by atoms with Gasteiger partial charge in [-0.2, -0.15) is 0 Å². The maximum atomic E-state index is 14.9. The molecule has 5 atom stereocenters. The first-order valence-corrected chi connectivity index (χ1v) is 14.2. The van der Waals surface area contributed by atoms with E-state index in [1.165, 1.54) is 5.57 Å². The van der Waals surface area contributed by atoms with Gasteiger partial charge in [-0.05, 0) is 85.5 Å². The summed E-state index contributed by atoms with van der Waals surface area (Å²) >= 11 is 0. The number of ketones is 3. The quantitative estimate of drug-likeness (QED) is 0.222. The van der Waals surface area contributed by atoms with Gasteiger partial charge in [-0.3, -0.25) is 14.4 Å². The van der Waals surface area contributed by atoms with Crippen LogP contribution < -0.4 is 0 Å². The first kappa shape index (κ1) is 29.2. The lowest BCUT2D eigenvalue weighted by molar-refractivity contribution is -0.166. The predicted molar refractivity (Wildman–Crippen MR) is 153 cm³/mol. The van der Waals surface area contributed by atoms with Gasteiger partial charge in [0.1, 0.15) is 11.9 Å². The van der Waals surface area contributed by atoms with Crippen molar-refractivity contribution >= 4 is 17.3 Å². The molecule has 3 aliphatic rings. The number of benzene rings is 1. The van der Waals surface area contributed by atoms with E-state index in [9.17, 15) is 19.5 Å². The predicted octanol–water partition coefficient (Wildman–Crippen LogP) is 6.96. The molecule has 0 unspecified atom stereocenters. The molecule has 4 rings (SSSR count). The van der Waals surface area contributed by atoms with Crippen molar-refractivity contribution in [1.82, 2.24) is 0 Å². The Bertz CT molecular complexity index is 1270. The van der Waals surface area contributed by atoms with Gasteiger partial charge in [-0.15, -0.1) is 0 Å². The molecule has 5 heteroatoms. The van der Waals surface area contributed by atoms with Gasteiger partial charge in [-0.1, -0.05) is 60.6 Å². The molecule has 5 nitrogen and oxygen atoms in total. The molecular weight excluding hydrogens is 488 g/mol. The van der Waals surface area contributed by atoms with Gasteiger partial charge in [0.15, 0.2) is 22.8 Å². The molecule has 1 fully saturated rings. The number of carbonyl (C=O) groups is 3. The van der Waals surface area contributed by atoms with Gasteiger partial charge < -0.3 is 9.84 Å². The van der Waals surface area contributed by atoms with E-state index in [0.717, 1.165) is 5.57 Å². The second-order valence-electron chi connectivity index (χ2n) is 13.4. The summed E-state index contributed by atoms with van der Waals surface area (Å²) in [6.45, 7) is 15.3. The molecule has 1 heterocycles. The standard InChI is InChI=1S/C34H44O5/c1-21(2)13-12-18-33(8)24(17-16-22(3)4)20-32(7)28(36)25-19-26(31(5,6)38)39-29(25)34(33,30(32)37)27(35)23-14-10-9-11-15-23/h9-11,13-16,24,26,38H,12,17-20H2,1-8H3/t24-,26+,32+,33+,34-/m0/s1. The zero-order valence-electron chi connectivity index (χ0n) is 24.8. The van der Waals surface area contributed by atoms with Crippen LogP contribution in [0.25, 0.3) is 0 Å². The Morgan fingerprint density at radius 1 is 1.05 bits per heavy atom. The van der Waals surface area contributed by atoms with Gasteiger partial charge in [-0.25, -0.2) is 0 Å². The summed E-state index contributed by atoms with van der Waals surface area (Å²) in [5.74, 6) is -0.831. The van der Waals surface area contributed by atoms with Crippen molar-refractivity contribution in [2.24, 2.45) is 22.2 Å². The van der Waals surface area contributed by atoms with Crippen LogP contribution in [-0.2, 0) is 14.3 Å². The van der Waals surface area contributed by atoms with E-state index < -0.39 is 27.9 Å². The number of hydrogen-bond donors (Lipinski definition) is 1. The molecule has 0 spiro atoms. The van der Waals surface area contributed by atoms with Crippen LogP contribution in [0.1, 0.15) is 97.9 Å². The largest absolute Gasteiger partial charge is 0.489 e.